The van der Waals surface area contributed by atoms with E-state index in [1.54, 1.807) is 6.92 Å². The topological polar surface area (TPSA) is 38.3 Å². The summed E-state index contributed by atoms with van der Waals surface area (Å²) in [6.45, 7) is 2.28. The molecule has 1 fully saturated rings. The lowest BCUT2D eigenvalue weighted by atomic mass is 9.97. The molecular weight excluding hydrogens is 202 g/mol. The normalized spacial score (nSPS) is 25.1. The Balaban J connectivity index is 1.99. The minimum Gasteiger partial charge on any atom is -0.373 e. The molecule has 0 spiro atoms. The van der Waals surface area contributed by atoms with Crippen molar-refractivity contribution in [2.45, 2.75) is 31.9 Å². The molecule has 1 aromatic carbocycles. The van der Waals surface area contributed by atoms with Crippen LogP contribution in [-0.4, -0.2) is 18.6 Å². The Labute approximate surface area is 95.8 Å². The number of hydrogen-bond acceptors (Lipinski definition) is 2. The lowest BCUT2D eigenvalue weighted by Gasteiger charge is -2.30. The molecule has 86 valence electrons. The first-order chi connectivity index (χ1) is 7.75. The molecule has 0 radical (unpaired) electrons. The first-order valence-electron chi connectivity index (χ1n) is 5.69. The van der Waals surface area contributed by atoms with Crippen molar-refractivity contribution < 1.29 is 9.53 Å². The SMILES string of the molecule is CC(=O)NC1CCOC(c2ccccc2)C1. The van der Waals surface area contributed by atoms with Crippen LogP contribution in [0.5, 0.6) is 0 Å². The predicted octanol–water partition coefficient (Wildman–Crippen LogP) is 2.04. The summed E-state index contributed by atoms with van der Waals surface area (Å²) in [5, 5.41) is 2.96. The monoisotopic (exact) mass is 219 g/mol. The minimum atomic E-state index is 0.0405. The van der Waals surface area contributed by atoms with Crippen molar-refractivity contribution in [2.24, 2.45) is 0 Å². The lowest BCUT2D eigenvalue weighted by Crippen LogP contribution is -2.38. The number of rotatable bonds is 2. The second kappa shape index (κ2) is 5.12. The summed E-state index contributed by atoms with van der Waals surface area (Å²) < 4.78 is 5.72. The van der Waals surface area contributed by atoms with Gasteiger partial charge in [-0.15, -0.1) is 0 Å². The Morgan fingerprint density at radius 1 is 1.38 bits per heavy atom. The number of hydrogen-bond donors (Lipinski definition) is 1. The molecule has 1 aliphatic rings. The van der Waals surface area contributed by atoms with E-state index in [4.69, 9.17) is 4.74 Å². The summed E-state index contributed by atoms with van der Waals surface area (Å²) in [4.78, 5) is 11.0. The van der Waals surface area contributed by atoms with E-state index < -0.39 is 0 Å². The van der Waals surface area contributed by atoms with Crippen LogP contribution in [0.25, 0.3) is 0 Å². The molecule has 1 aromatic rings. The van der Waals surface area contributed by atoms with E-state index in [9.17, 15) is 4.79 Å². The van der Waals surface area contributed by atoms with Gasteiger partial charge in [-0.25, -0.2) is 0 Å². The molecule has 3 nitrogen and oxygen atoms in total. The molecule has 0 saturated carbocycles. The van der Waals surface area contributed by atoms with E-state index >= 15 is 0 Å². The van der Waals surface area contributed by atoms with Crippen LogP contribution in [0.1, 0.15) is 31.4 Å². The smallest absolute Gasteiger partial charge is 0.217 e. The van der Waals surface area contributed by atoms with Gasteiger partial charge in [0.05, 0.1) is 6.10 Å². The summed E-state index contributed by atoms with van der Waals surface area (Å²) in [6.07, 6.45) is 1.89. The molecule has 1 N–H and O–H groups in total. The fraction of sp³-hybridized carbons (Fsp3) is 0.462. The highest BCUT2D eigenvalue weighted by atomic mass is 16.5. The summed E-state index contributed by atoms with van der Waals surface area (Å²) in [5.74, 6) is 0.0405. The third kappa shape index (κ3) is 2.83. The van der Waals surface area contributed by atoms with Gasteiger partial charge in [-0.05, 0) is 18.4 Å². The Hall–Kier alpha value is -1.35. The van der Waals surface area contributed by atoms with Crippen molar-refractivity contribution in [1.82, 2.24) is 5.32 Å². The zero-order valence-corrected chi connectivity index (χ0v) is 9.48. The molecule has 1 heterocycles. The van der Waals surface area contributed by atoms with Gasteiger partial charge in [0.25, 0.3) is 0 Å². The highest BCUT2D eigenvalue weighted by Gasteiger charge is 2.23. The van der Waals surface area contributed by atoms with Gasteiger partial charge < -0.3 is 10.1 Å². The van der Waals surface area contributed by atoms with Gasteiger partial charge in [-0.2, -0.15) is 0 Å². The van der Waals surface area contributed by atoms with Crippen molar-refractivity contribution in [3.05, 3.63) is 35.9 Å². The highest BCUT2D eigenvalue weighted by Crippen LogP contribution is 2.27. The Morgan fingerprint density at radius 3 is 2.81 bits per heavy atom. The second-order valence-electron chi connectivity index (χ2n) is 4.19. The Morgan fingerprint density at radius 2 is 2.12 bits per heavy atom. The van der Waals surface area contributed by atoms with Gasteiger partial charge >= 0.3 is 0 Å². The minimum absolute atomic E-state index is 0.0405. The van der Waals surface area contributed by atoms with E-state index in [0.717, 1.165) is 12.8 Å². The van der Waals surface area contributed by atoms with Crippen LogP contribution in [0.2, 0.25) is 0 Å². The molecule has 1 aliphatic heterocycles. The van der Waals surface area contributed by atoms with E-state index in [2.05, 4.69) is 17.4 Å². The molecule has 1 amide bonds. The third-order valence-corrected chi connectivity index (χ3v) is 2.86. The van der Waals surface area contributed by atoms with Crippen LogP contribution in [0.3, 0.4) is 0 Å². The van der Waals surface area contributed by atoms with Crippen LogP contribution < -0.4 is 5.32 Å². The Bertz CT molecular complexity index is 350. The van der Waals surface area contributed by atoms with E-state index in [1.807, 2.05) is 18.2 Å². The zero-order valence-electron chi connectivity index (χ0n) is 9.48. The summed E-state index contributed by atoms with van der Waals surface area (Å²) in [5.41, 5.74) is 1.19. The molecule has 2 rings (SSSR count). The molecule has 0 bridgehead atoms. The first-order valence-corrected chi connectivity index (χ1v) is 5.69. The van der Waals surface area contributed by atoms with Crippen LogP contribution in [0, 0.1) is 0 Å². The van der Waals surface area contributed by atoms with E-state index in [1.165, 1.54) is 5.56 Å². The van der Waals surface area contributed by atoms with Gasteiger partial charge in [-0.3, -0.25) is 4.79 Å². The first kappa shape index (κ1) is 11.1. The van der Waals surface area contributed by atoms with Gasteiger partial charge in [0, 0.05) is 19.6 Å². The number of benzene rings is 1. The third-order valence-electron chi connectivity index (χ3n) is 2.86. The fourth-order valence-electron chi connectivity index (χ4n) is 2.12. The average Bonchev–Trinajstić information content (AvgIpc) is 2.30. The molecule has 3 heteroatoms. The maximum Gasteiger partial charge on any atom is 0.217 e. The van der Waals surface area contributed by atoms with Gasteiger partial charge in [0.1, 0.15) is 0 Å². The van der Waals surface area contributed by atoms with Crippen LogP contribution in [-0.2, 0) is 9.53 Å². The van der Waals surface area contributed by atoms with Crippen LogP contribution >= 0.6 is 0 Å². The largest absolute Gasteiger partial charge is 0.373 e. The molecule has 16 heavy (non-hydrogen) atoms. The number of ether oxygens (including phenoxy) is 1. The molecule has 2 unspecified atom stereocenters. The number of carbonyl (C=O) groups excluding carboxylic acids is 1. The van der Waals surface area contributed by atoms with Crippen molar-refractivity contribution in [2.75, 3.05) is 6.61 Å². The molecule has 0 aromatic heterocycles. The van der Waals surface area contributed by atoms with Crippen LogP contribution in [0.15, 0.2) is 30.3 Å². The van der Waals surface area contributed by atoms with Crippen molar-refractivity contribution in [1.29, 1.82) is 0 Å². The van der Waals surface area contributed by atoms with Gasteiger partial charge in [-0.1, -0.05) is 30.3 Å². The molecule has 0 aliphatic carbocycles. The van der Waals surface area contributed by atoms with Gasteiger partial charge in [0.2, 0.25) is 5.91 Å². The fourth-order valence-corrected chi connectivity index (χ4v) is 2.12. The summed E-state index contributed by atoms with van der Waals surface area (Å²) >= 11 is 0. The number of nitrogens with one attached hydrogen (secondary N) is 1. The summed E-state index contributed by atoms with van der Waals surface area (Å²) in [6, 6.07) is 10.4. The number of amides is 1. The summed E-state index contributed by atoms with van der Waals surface area (Å²) in [7, 11) is 0. The number of carbonyl (C=O) groups is 1. The van der Waals surface area contributed by atoms with Gasteiger partial charge in [0.15, 0.2) is 0 Å². The quantitative estimate of drug-likeness (QED) is 0.826. The van der Waals surface area contributed by atoms with E-state index in [-0.39, 0.29) is 18.1 Å². The maximum atomic E-state index is 11.0. The molecule has 2 atom stereocenters. The zero-order chi connectivity index (χ0) is 11.4. The average molecular weight is 219 g/mol. The van der Waals surface area contributed by atoms with Crippen molar-refractivity contribution >= 4 is 5.91 Å². The van der Waals surface area contributed by atoms with E-state index in [0.29, 0.717) is 6.61 Å². The lowest BCUT2D eigenvalue weighted by molar-refractivity contribution is -0.120. The molecule has 1 saturated heterocycles. The second-order valence-corrected chi connectivity index (χ2v) is 4.19. The molecular formula is C13H17NO2. The van der Waals surface area contributed by atoms with Crippen molar-refractivity contribution in [3.8, 4) is 0 Å². The standard InChI is InChI=1S/C13H17NO2/c1-10(15)14-12-7-8-16-13(9-12)11-5-3-2-4-6-11/h2-6,12-13H,7-9H2,1H3,(H,14,15). The predicted molar refractivity (Wildman–Crippen MR) is 62.0 cm³/mol. The highest BCUT2D eigenvalue weighted by molar-refractivity contribution is 5.73. The Kier molecular flexibility index (Phi) is 3.57. The van der Waals surface area contributed by atoms with Crippen molar-refractivity contribution in [3.63, 3.8) is 0 Å². The van der Waals surface area contributed by atoms with Crippen LogP contribution in [0.4, 0.5) is 0 Å². The maximum absolute atomic E-state index is 11.0.